The van der Waals surface area contributed by atoms with Crippen LogP contribution in [0.15, 0.2) is 65.7 Å². The first-order valence-corrected chi connectivity index (χ1v) is 13.7. The molecule has 188 valence electrons. The molecule has 0 radical (unpaired) electrons. The monoisotopic (exact) mass is 508 g/mol. The molecule has 0 N–H and O–H groups in total. The summed E-state index contributed by atoms with van der Waals surface area (Å²) in [5, 5.41) is 22.1. The molecule has 1 aliphatic carbocycles. The molecule has 2 bridgehead atoms. The average Bonchev–Trinajstić information content (AvgIpc) is 2.94. The number of nitrogens with zero attached hydrogens (tertiary/aromatic N) is 6. The minimum Gasteiger partial charge on any atom is -0.308 e. The molecule has 2 aromatic carbocycles. The largest absolute Gasteiger partial charge is 0.308 e. The van der Waals surface area contributed by atoms with E-state index in [0.717, 1.165) is 44.5 Å². The van der Waals surface area contributed by atoms with E-state index >= 15 is 0 Å². The van der Waals surface area contributed by atoms with E-state index in [9.17, 15) is 10.5 Å². The zero-order chi connectivity index (χ0) is 25.5. The van der Waals surface area contributed by atoms with Gasteiger partial charge in [0, 0.05) is 31.6 Å². The fraction of sp³-hybridized carbons (Fsp3) is 0.467. The normalized spacial score (nSPS) is 29.2. The van der Waals surface area contributed by atoms with Gasteiger partial charge in [0.25, 0.3) is 0 Å². The Morgan fingerprint density at radius 1 is 0.784 bits per heavy atom. The first-order chi connectivity index (χ1) is 18.1. The van der Waals surface area contributed by atoms with Crippen LogP contribution in [-0.4, -0.2) is 52.0 Å². The van der Waals surface area contributed by atoms with Gasteiger partial charge in [0.2, 0.25) is 0 Å². The molecule has 6 nitrogen and oxygen atoms in total. The summed E-state index contributed by atoms with van der Waals surface area (Å²) in [5.74, 6) is 0.801. The van der Waals surface area contributed by atoms with Crippen molar-refractivity contribution in [2.75, 3.05) is 26.4 Å². The van der Waals surface area contributed by atoms with Gasteiger partial charge in [-0.05, 0) is 24.0 Å². The Labute approximate surface area is 224 Å². The lowest BCUT2D eigenvalue weighted by atomic mass is 9.42. The summed E-state index contributed by atoms with van der Waals surface area (Å²) in [6.45, 7) is 3.68. The first-order valence-electron chi connectivity index (χ1n) is 13.3. The van der Waals surface area contributed by atoms with E-state index < -0.39 is 16.2 Å². The molecule has 2 atom stereocenters. The molecule has 0 amide bonds. The molecule has 2 saturated heterocycles. The second-order valence-corrected chi connectivity index (χ2v) is 11.5. The van der Waals surface area contributed by atoms with Crippen LogP contribution in [0.1, 0.15) is 43.2 Å². The second-order valence-electron chi connectivity index (χ2n) is 11.1. The number of thiocarbonyl (C=S) groups is 1. The maximum Gasteiger partial charge on any atom is 0.135 e. The number of piperidine rings is 2. The van der Waals surface area contributed by atoms with Crippen molar-refractivity contribution in [3.05, 3.63) is 71.8 Å². The Morgan fingerprint density at radius 3 is 1.95 bits per heavy atom. The topological polar surface area (TPSA) is 69.7 Å². The summed E-state index contributed by atoms with van der Waals surface area (Å²) in [6.07, 6.45) is 4.91. The summed E-state index contributed by atoms with van der Waals surface area (Å²) in [5.41, 5.74) is 0.136. The van der Waals surface area contributed by atoms with Crippen molar-refractivity contribution in [3.63, 3.8) is 0 Å². The number of benzene rings is 2. The van der Waals surface area contributed by atoms with E-state index in [-0.39, 0.29) is 0 Å². The standard InChI is InChI=1S/C30H32N6S/c31-18-28-20-34(16-24-10-4-1-5-11-24)21-29(19-32,30(28)14-8-3-9-15-30)27(37)36-23-35(22-33-26(28)36)17-25-12-6-2-7-13-25/h1-2,4-7,10-13H,3,8-9,14-17,20-23H2. The summed E-state index contributed by atoms with van der Waals surface area (Å²) >= 11 is 6.27. The Hall–Kier alpha value is -3.10. The number of nitriles is 2. The number of aliphatic imine (C=N–C) groups is 1. The molecular weight excluding hydrogens is 476 g/mol. The predicted octanol–water partition coefficient (Wildman–Crippen LogP) is 4.94. The van der Waals surface area contributed by atoms with Crippen LogP contribution in [0.3, 0.4) is 0 Å². The third kappa shape index (κ3) is 3.56. The van der Waals surface area contributed by atoms with Crippen LogP contribution in [0.4, 0.5) is 0 Å². The quantitative estimate of drug-likeness (QED) is 0.545. The van der Waals surface area contributed by atoms with Crippen LogP contribution >= 0.6 is 12.2 Å². The molecule has 2 aromatic rings. The Morgan fingerprint density at radius 2 is 1.35 bits per heavy atom. The van der Waals surface area contributed by atoms with Crippen LogP contribution in [0.2, 0.25) is 0 Å². The summed E-state index contributed by atoms with van der Waals surface area (Å²) in [4.78, 5) is 12.4. The Bertz CT molecular complexity index is 1290. The third-order valence-corrected chi connectivity index (χ3v) is 9.72. The van der Waals surface area contributed by atoms with E-state index in [4.69, 9.17) is 17.2 Å². The molecule has 1 saturated carbocycles. The molecule has 3 aliphatic heterocycles. The van der Waals surface area contributed by atoms with Crippen molar-refractivity contribution in [3.8, 4) is 12.1 Å². The molecular formula is C30H32N6S. The zero-order valence-electron chi connectivity index (χ0n) is 21.1. The summed E-state index contributed by atoms with van der Waals surface area (Å²) < 4.78 is 0. The number of hydrogen-bond donors (Lipinski definition) is 0. The van der Waals surface area contributed by atoms with Crippen LogP contribution in [0, 0.1) is 38.9 Å². The molecule has 3 heterocycles. The van der Waals surface area contributed by atoms with Crippen molar-refractivity contribution in [2.45, 2.75) is 45.2 Å². The predicted molar refractivity (Wildman–Crippen MR) is 147 cm³/mol. The van der Waals surface area contributed by atoms with Crippen molar-refractivity contribution in [1.82, 2.24) is 14.7 Å². The Kier molecular flexibility index (Phi) is 6.12. The van der Waals surface area contributed by atoms with E-state index in [0.29, 0.717) is 38.0 Å². The first kappa shape index (κ1) is 24.2. The Balaban J connectivity index is 1.44. The average molecular weight is 509 g/mol. The minimum absolute atomic E-state index is 0.497. The fourth-order valence-electron chi connectivity index (χ4n) is 7.56. The molecule has 1 spiro atoms. The fourth-order valence-corrected chi connectivity index (χ4v) is 8.01. The van der Waals surface area contributed by atoms with E-state index in [1.807, 2.05) is 36.4 Å². The second kappa shape index (κ2) is 9.33. The van der Waals surface area contributed by atoms with E-state index in [2.05, 4.69) is 51.1 Å². The van der Waals surface area contributed by atoms with Crippen LogP contribution in [-0.2, 0) is 13.1 Å². The number of fused-ring (bicyclic) bond motifs is 2. The van der Waals surface area contributed by atoms with Crippen LogP contribution in [0.25, 0.3) is 0 Å². The van der Waals surface area contributed by atoms with Crippen LogP contribution in [0.5, 0.6) is 0 Å². The summed E-state index contributed by atoms with van der Waals surface area (Å²) in [6, 6.07) is 26.3. The van der Waals surface area contributed by atoms with Gasteiger partial charge in [-0.2, -0.15) is 10.5 Å². The molecule has 0 aromatic heterocycles. The summed E-state index contributed by atoms with van der Waals surface area (Å²) in [7, 11) is 0. The molecule has 37 heavy (non-hydrogen) atoms. The minimum atomic E-state index is -0.902. The number of amidine groups is 1. The van der Waals surface area contributed by atoms with Gasteiger partial charge in [-0.15, -0.1) is 0 Å². The van der Waals surface area contributed by atoms with E-state index in [1.165, 1.54) is 11.1 Å². The van der Waals surface area contributed by atoms with Gasteiger partial charge in [-0.1, -0.05) is 92.1 Å². The van der Waals surface area contributed by atoms with Gasteiger partial charge in [-0.25, -0.2) is 0 Å². The highest BCUT2D eigenvalue weighted by atomic mass is 32.1. The van der Waals surface area contributed by atoms with Gasteiger partial charge in [-0.3, -0.25) is 14.8 Å². The highest BCUT2D eigenvalue weighted by molar-refractivity contribution is 7.80. The van der Waals surface area contributed by atoms with Gasteiger partial charge >= 0.3 is 0 Å². The highest BCUT2D eigenvalue weighted by Gasteiger charge is 2.75. The van der Waals surface area contributed by atoms with Gasteiger partial charge in [0.1, 0.15) is 21.7 Å². The highest BCUT2D eigenvalue weighted by Crippen LogP contribution is 2.67. The maximum atomic E-state index is 11.1. The van der Waals surface area contributed by atoms with Crippen molar-refractivity contribution in [2.24, 2.45) is 21.2 Å². The van der Waals surface area contributed by atoms with Gasteiger partial charge < -0.3 is 4.90 Å². The maximum absolute atomic E-state index is 11.1. The lowest BCUT2D eigenvalue weighted by Crippen LogP contribution is -2.79. The molecule has 4 aliphatic rings. The smallest absolute Gasteiger partial charge is 0.135 e. The van der Waals surface area contributed by atoms with Gasteiger partial charge in [0.15, 0.2) is 0 Å². The van der Waals surface area contributed by atoms with E-state index in [1.54, 1.807) is 0 Å². The molecule has 2 unspecified atom stereocenters. The van der Waals surface area contributed by atoms with Crippen molar-refractivity contribution >= 4 is 23.0 Å². The molecule has 3 fully saturated rings. The van der Waals surface area contributed by atoms with Crippen molar-refractivity contribution < 1.29 is 0 Å². The molecule has 7 heteroatoms. The van der Waals surface area contributed by atoms with Crippen molar-refractivity contribution in [1.29, 1.82) is 10.5 Å². The lowest BCUT2D eigenvalue weighted by molar-refractivity contribution is -0.0868. The third-order valence-electron chi connectivity index (χ3n) is 9.15. The van der Waals surface area contributed by atoms with Crippen LogP contribution < -0.4 is 0 Å². The van der Waals surface area contributed by atoms with Gasteiger partial charge in [0.05, 0.1) is 25.5 Å². The number of likely N-dealkylation sites (tertiary alicyclic amines) is 1. The number of rotatable bonds is 4. The number of hydrogen-bond acceptors (Lipinski definition) is 6. The zero-order valence-corrected chi connectivity index (χ0v) is 22.0. The SMILES string of the molecule is N#CC12CN(Cc3ccccc3)CC(C#N)(C3=NCN(Cc4ccccc4)CN3C1=S)C21CCCCC1. The molecule has 6 rings (SSSR count). The lowest BCUT2D eigenvalue weighted by Gasteiger charge is -2.67.